The summed E-state index contributed by atoms with van der Waals surface area (Å²) in [6, 6.07) is 19.4. The van der Waals surface area contributed by atoms with Crippen LogP contribution in [0, 0.1) is 6.92 Å². The number of benzene rings is 2. The molecule has 160 valence electrons. The molecule has 0 saturated carbocycles. The Morgan fingerprint density at radius 3 is 2.35 bits per heavy atom. The van der Waals surface area contributed by atoms with Crippen molar-refractivity contribution in [1.29, 1.82) is 0 Å². The Balaban J connectivity index is 1.43. The van der Waals surface area contributed by atoms with E-state index in [9.17, 15) is 9.59 Å². The molecule has 31 heavy (non-hydrogen) atoms. The lowest BCUT2D eigenvalue weighted by molar-refractivity contribution is -0.122. The first-order chi connectivity index (χ1) is 15.1. The summed E-state index contributed by atoms with van der Waals surface area (Å²) in [5.41, 5.74) is 3.65. The highest BCUT2D eigenvalue weighted by Crippen LogP contribution is 2.27. The molecule has 1 atom stereocenters. The summed E-state index contributed by atoms with van der Waals surface area (Å²) in [6.07, 6.45) is 1.63. The van der Waals surface area contributed by atoms with Crippen LogP contribution in [0.3, 0.4) is 0 Å². The summed E-state index contributed by atoms with van der Waals surface area (Å²) < 4.78 is 0. The molecule has 6 heteroatoms. The lowest BCUT2D eigenvalue weighted by Crippen LogP contribution is -2.47. The van der Waals surface area contributed by atoms with Crippen LogP contribution in [0.2, 0.25) is 0 Å². The van der Waals surface area contributed by atoms with E-state index in [0.717, 1.165) is 42.7 Å². The van der Waals surface area contributed by atoms with Gasteiger partial charge in [0.05, 0.1) is 0 Å². The molecule has 2 aromatic carbocycles. The number of piperidine rings is 1. The van der Waals surface area contributed by atoms with Gasteiger partial charge in [0.15, 0.2) is 0 Å². The number of rotatable bonds is 6. The van der Waals surface area contributed by atoms with Crippen LogP contribution < -0.4 is 10.6 Å². The summed E-state index contributed by atoms with van der Waals surface area (Å²) in [5.74, 6) is -0.0489. The number of likely N-dealkylation sites (tertiary alicyclic amines) is 1. The zero-order valence-electron chi connectivity index (χ0n) is 17.6. The zero-order valence-corrected chi connectivity index (χ0v) is 18.4. The molecule has 1 aliphatic heterocycles. The number of anilines is 1. The fraction of sp³-hybridized carbons (Fsp3) is 0.280. The van der Waals surface area contributed by atoms with Gasteiger partial charge in [0.25, 0.3) is 5.91 Å². The molecule has 1 fully saturated rings. The lowest BCUT2D eigenvalue weighted by atomic mass is 9.98. The molecule has 4 rings (SSSR count). The average Bonchev–Trinajstić information content (AvgIpc) is 3.33. The predicted molar refractivity (Wildman–Crippen MR) is 125 cm³/mol. The van der Waals surface area contributed by atoms with Gasteiger partial charge in [-0.2, -0.15) is 11.3 Å². The minimum absolute atomic E-state index is 0.0172. The molecular weight excluding hydrogens is 406 g/mol. The van der Waals surface area contributed by atoms with Crippen LogP contribution >= 0.6 is 11.3 Å². The van der Waals surface area contributed by atoms with Gasteiger partial charge in [-0.05, 0) is 48.9 Å². The second-order valence-corrected chi connectivity index (χ2v) is 8.74. The monoisotopic (exact) mass is 433 g/mol. The number of nitrogens with zero attached hydrogens (tertiary/aromatic N) is 1. The van der Waals surface area contributed by atoms with Crippen LogP contribution in [0.15, 0.2) is 71.4 Å². The van der Waals surface area contributed by atoms with E-state index in [0.29, 0.717) is 5.56 Å². The van der Waals surface area contributed by atoms with E-state index in [1.807, 2.05) is 78.3 Å². The normalized spacial score (nSPS) is 15.9. The third kappa shape index (κ3) is 5.40. The summed E-state index contributed by atoms with van der Waals surface area (Å²) >= 11 is 1.52. The second kappa shape index (κ2) is 9.90. The van der Waals surface area contributed by atoms with Crippen molar-refractivity contribution in [1.82, 2.24) is 10.2 Å². The highest BCUT2D eigenvalue weighted by Gasteiger charge is 2.31. The number of nitrogens with one attached hydrogen (secondary N) is 2. The number of carbonyl (C=O) groups excluding carboxylic acids is 2. The first-order valence-corrected chi connectivity index (χ1v) is 11.5. The first-order valence-electron chi connectivity index (χ1n) is 10.6. The molecule has 2 N–H and O–H groups in total. The third-order valence-corrected chi connectivity index (χ3v) is 6.38. The van der Waals surface area contributed by atoms with Crippen molar-refractivity contribution in [2.45, 2.75) is 31.8 Å². The molecule has 1 aromatic heterocycles. The Morgan fingerprint density at radius 1 is 1.00 bits per heavy atom. The van der Waals surface area contributed by atoms with E-state index in [1.165, 1.54) is 11.3 Å². The topological polar surface area (TPSA) is 61.4 Å². The molecule has 0 radical (unpaired) electrons. The minimum Gasteiger partial charge on any atom is -0.349 e. The number of hydrogen-bond acceptors (Lipinski definition) is 4. The first kappa shape index (κ1) is 21.3. The number of aryl methyl sites for hydroxylation is 1. The van der Waals surface area contributed by atoms with Gasteiger partial charge in [0.1, 0.15) is 6.04 Å². The van der Waals surface area contributed by atoms with Gasteiger partial charge in [0, 0.05) is 35.8 Å². The minimum atomic E-state index is -0.365. The summed E-state index contributed by atoms with van der Waals surface area (Å²) in [5, 5.41) is 9.99. The van der Waals surface area contributed by atoms with E-state index in [1.54, 1.807) is 0 Å². The maximum Gasteiger partial charge on any atom is 0.252 e. The van der Waals surface area contributed by atoms with Crippen molar-refractivity contribution in [2.75, 3.05) is 18.4 Å². The van der Waals surface area contributed by atoms with E-state index in [-0.39, 0.29) is 23.9 Å². The van der Waals surface area contributed by atoms with Gasteiger partial charge in [-0.25, -0.2) is 0 Å². The Kier molecular flexibility index (Phi) is 6.79. The van der Waals surface area contributed by atoms with Crippen molar-refractivity contribution in [3.05, 3.63) is 88.1 Å². The Hall–Kier alpha value is -2.96. The number of carbonyl (C=O) groups is 2. The highest BCUT2D eigenvalue weighted by atomic mass is 32.1. The van der Waals surface area contributed by atoms with Crippen molar-refractivity contribution in [3.63, 3.8) is 0 Å². The molecule has 0 aliphatic carbocycles. The summed E-state index contributed by atoms with van der Waals surface area (Å²) in [4.78, 5) is 27.9. The molecule has 5 nitrogen and oxygen atoms in total. The molecule has 0 bridgehead atoms. The van der Waals surface area contributed by atoms with E-state index in [2.05, 4.69) is 15.5 Å². The van der Waals surface area contributed by atoms with E-state index in [4.69, 9.17) is 0 Å². The molecule has 3 aromatic rings. The third-order valence-electron chi connectivity index (χ3n) is 5.70. The van der Waals surface area contributed by atoms with Crippen LogP contribution in [-0.4, -0.2) is 35.8 Å². The molecule has 0 spiro atoms. The number of amides is 2. The Bertz CT molecular complexity index is 995. The van der Waals surface area contributed by atoms with Crippen molar-refractivity contribution in [2.24, 2.45) is 0 Å². The quantitative estimate of drug-likeness (QED) is 0.596. The maximum absolute atomic E-state index is 13.3. The molecule has 2 amide bonds. The lowest BCUT2D eigenvalue weighted by Gasteiger charge is -2.37. The molecule has 2 heterocycles. The van der Waals surface area contributed by atoms with Gasteiger partial charge >= 0.3 is 0 Å². The largest absolute Gasteiger partial charge is 0.349 e. The van der Waals surface area contributed by atoms with Crippen LogP contribution in [-0.2, 0) is 4.79 Å². The van der Waals surface area contributed by atoms with Crippen molar-refractivity contribution >= 4 is 28.8 Å². The highest BCUT2D eigenvalue weighted by molar-refractivity contribution is 7.08. The second-order valence-electron chi connectivity index (χ2n) is 7.96. The SMILES string of the molecule is Cc1ccc(NC(=O)C(c2ccccc2)N2CCC(NC(=O)c3ccsc3)CC2)cc1. The zero-order chi connectivity index (χ0) is 21.6. The van der Waals surface area contributed by atoms with Gasteiger partial charge in [0.2, 0.25) is 5.91 Å². The van der Waals surface area contributed by atoms with Gasteiger partial charge in [-0.3, -0.25) is 14.5 Å². The number of thiophene rings is 1. The smallest absolute Gasteiger partial charge is 0.252 e. The maximum atomic E-state index is 13.3. The van der Waals surface area contributed by atoms with Gasteiger partial charge < -0.3 is 10.6 Å². The van der Waals surface area contributed by atoms with E-state index >= 15 is 0 Å². The number of hydrogen-bond donors (Lipinski definition) is 2. The van der Waals surface area contributed by atoms with Crippen LogP contribution in [0.1, 0.15) is 40.4 Å². The van der Waals surface area contributed by atoms with Gasteiger partial charge in [-0.1, -0.05) is 48.0 Å². The van der Waals surface area contributed by atoms with Crippen LogP contribution in [0.5, 0.6) is 0 Å². The molecule has 1 unspecified atom stereocenters. The predicted octanol–water partition coefficient (Wildman–Crippen LogP) is 4.63. The van der Waals surface area contributed by atoms with Crippen molar-refractivity contribution in [3.8, 4) is 0 Å². The summed E-state index contributed by atoms with van der Waals surface area (Å²) in [7, 11) is 0. The van der Waals surface area contributed by atoms with E-state index < -0.39 is 0 Å². The standard InChI is InChI=1S/C25H27N3O2S/c1-18-7-9-21(10-8-18)27-25(30)23(19-5-3-2-4-6-19)28-14-11-22(12-15-28)26-24(29)20-13-16-31-17-20/h2-10,13,16-17,22-23H,11-12,14-15H2,1H3,(H,26,29)(H,27,30). The fourth-order valence-electron chi connectivity index (χ4n) is 3.98. The fourth-order valence-corrected chi connectivity index (χ4v) is 4.61. The van der Waals surface area contributed by atoms with Crippen molar-refractivity contribution < 1.29 is 9.59 Å². The van der Waals surface area contributed by atoms with Gasteiger partial charge in [-0.15, -0.1) is 0 Å². The van der Waals surface area contributed by atoms with Crippen LogP contribution in [0.4, 0.5) is 5.69 Å². The molecule has 1 aliphatic rings. The molecular formula is C25H27N3O2S. The van der Waals surface area contributed by atoms with Crippen LogP contribution in [0.25, 0.3) is 0 Å². The Morgan fingerprint density at radius 2 is 1.71 bits per heavy atom. The Labute approximate surface area is 187 Å². The average molecular weight is 434 g/mol. The molecule has 1 saturated heterocycles. The summed E-state index contributed by atoms with van der Waals surface area (Å²) in [6.45, 7) is 3.52.